The van der Waals surface area contributed by atoms with Crippen molar-refractivity contribution in [2.75, 3.05) is 26.0 Å². The minimum Gasteiger partial charge on any atom is -0.478 e. The van der Waals surface area contributed by atoms with Gasteiger partial charge in [0.25, 0.3) is 0 Å². The zero-order valence-corrected chi connectivity index (χ0v) is 12.5. The minimum absolute atomic E-state index is 0.0793. The fraction of sp³-hybridized carbons (Fsp3) is 0.462. The molecule has 3 N–H and O–H groups in total. The second-order valence-electron chi connectivity index (χ2n) is 4.90. The smallest absolute Gasteiger partial charge is 0.337 e. The van der Waals surface area contributed by atoms with Gasteiger partial charge in [-0.05, 0) is 31.0 Å². The summed E-state index contributed by atoms with van der Waals surface area (Å²) >= 11 is 0. The number of hydrogen-bond donors (Lipinski definition) is 2. The highest BCUT2D eigenvalue weighted by Crippen LogP contribution is 2.33. The molecule has 2 rings (SSSR count). The Kier molecular flexibility index (Phi) is 4.50. The van der Waals surface area contributed by atoms with Gasteiger partial charge in [-0.2, -0.15) is 4.31 Å². The van der Waals surface area contributed by atoms with Crippen molar-refractivity contribution in [1.29, 1.82) is 0 Å². The normalized spacial score (nSPS) is 15.3. The Morgan fingerprint density at radius 2 is 2.14 bits per heavy atom. The van der Waals surface area contributed by atoms with Gasteiger partial charge in [0, 0.05) is 25.4 Å². The molecule has 1 aliphatic carbocycles. The van der Waals surface area contributed by atoms with Crippen molar-refractivity contribution in [2.45, 2.75) is 23.8 Å². The van der Waals surface area contributed by atoms with Gasteiger partial charge in [-0.1, -0.05) is 0 Å². The predicted octanol–water partition coefficient (Wildman–Crippen LogP) is 0.766. The van der Waals surface area contributed by atoms with Gasteiger partial charge >= 0.3 is 5.97 Å². The van der Waals surface area contributed by atoms with Crippen molar-refractivity contribution in [1.82, 2.24) is 4.31 Å². The van der Waals surface area contributed by atoms with Crippen molar-refractivity contribution in [3.05, 3.63) is 23.8 Å². The summed E-state index contributed by atoms with van der Waals surface area (Å²) in [4.78, 5) is 11.1. The summed E-state index contributed by atoms with van der Waals surface area (Å²) in [6, 6.07) is 3.72. The Morgan fingerprint density at radius 1 is 1.48 bits per heavy atom. The number of anilines is 1. The quantitative estimate of drug-likeness (QED) is 0.719. The van der Waals surface area contributed by atoms with E-state index in [0.29, 0.717) is 0 Å². The number of carbonyl (C=O) groups is 1. The molecule has 0 spiro atoms. The molecule has 0 atom stereocenters. The first-order valence-electron chi connectivity index (χ1n) is 6.51. The average molecular weight is 314 g/mol. The van der Waals surface area contributed by atoms with Gasteiger partial charge in [-0.15, -0.1) is 0 Å². The molecule has 21 heavy (non-hydrogen) atoms. The van der Waals surface area contributed by atoms with Gasteiger partial charge in [0.2, 0.25) is 10.0 Å². The third-order valence-electron chi connectivity index (χ3n) is 3.29. The van der Waals surface area contributed by atoms with Crippen LogP contribution in [0.1, 0.15) is 23.2 Å². The highest BCUT2D eigenvalue weighted by atomic mass is 32.2. The molecule has 0 unspecified atom stereocenters. The van der Waals surface area contributed by atoms with E-state index in [4.69, 9.17) is 10.5 Å². The van der Waals surface area contributed by atoms with Crippen LogP contribution in [0.3, 0.4) is 0 Å². The lowest BCUT2D eigenvalue weighted by atomic mass is 10.2. The van der Waals surface area contributed by atoms with Gasteiger partial charge in [-0.3, -0.25) is 0 Å². The van der Waals surface area contributed by atoms with E-state index in [-0.39, 0.29) is 35.3 Å². The molecule has 0 heterocycles. The standard InChI is InChI=1S/C13H18N2O5S/c1-20-7-6-15(10-3-4-10)21(18,19)12-5-2-9(14)8-11(12)13(16)17/h2,5,8,10H,3-4,6-7,14H2,1H3,(H,16,17). The fourth-order valence-corrected chi connectivity index (χ4v) is 3.94. The van der Waals surface area contributed by atoms with Gasteiger partial charge in [0.05, 0.1) is 17.1 Å². The number of methoxy groups -OCH3 is 1. The molecule has 1 aromatic carbocycles. The number of benzene rings is 1. The third-order valence-corrected chi connectivity index (χ3v) is 5.30. The molecule has 7 nitrogen and oxygen atoms in total. The van der Waals surface area contributed by atoms with Crippen LogP contribution in [0, 0.1) is 0 Å². The number of ether oxygens (including phenoxy) is 1. The number of carboxylic acid groups (broad SMARTS) is 1. The van der Waals surface area contributed by atoms with Crippen LogP contribution in [0.2, 0.25) is 0 Å². The molecule has 1 aliphatic rings. The van der Waals surface area contributed by atoms with Crippen LogP contribution in [0.4, 0.5) is 5.69 Å². The van der Waals surface area contributed by atoms with Crippen molar-refractivity contribution < 1.29 is 23.1 Å². The molecular weight excluding hydrogens is 296 g/mol. The van der Waals surface area contributed by atoms with E-state index < -0.39 is 16.0 Å². The van der Waals surface area contributed by atoms with E-state index >= 15 is 0 Å². The number of carboxylic acids is 1. The SMILES string of the molecule is COCCN(C1CC1)S(=O)(=O)c1ccc(N)cc1C(=O)O. The third kappa shape index (κ3) is 3.34. The van der Waals surface area contributed by atoms with E-state index in [1.807, 2.05) is 0 Å². The van der Waals surface area contributed by atoms with Crippen LogP contribution in [-0.2, 0) is 14.8 Å². The zero-order valence-electron chi connectivity index (χ0n) is 11.7. The van der Waals surface area contributed by atoms with E-state index in [1.54, 1.807) is 0 Å². The molecule has 0 bridgehead atoms. The molecule has 0 amide bonds. The van der Waals surface area contributed by atoms with E-state index in [1.165, 1.54) is 23.5 Å². The number of hydrogen-bond acceptors (Lipinski definition) is 5. The lowest BCUT2D eigenvalue weighted by Crippen LogP contribution is -2.36. The maximum atomic E-state index is 12.7. The molecule has 1 fully saturated rings. The van der Waals surface area contributed by atoms with Crippen LogP contribution in [-0.4, -0.2) is 50.1 Å². The Bertz CT molecular complexity index is 640. The number of nitrogen functional groups attached to an aromatic ring is 1. The zero-order chi connectivity index (χ0) is 15.6. The number of aromatic carboxylic acids is 1. The Balaban J connectivity index is 2.44. The second-order valence-corrected chi connectivity index (χ2v) is 6.76. The molecule has 0 saturated heterocycles. The summed E-state index contributed by atoms with van der Waals surface area (Å²) in [5.74, 6) is -1.32. The first-order valence-corrected chi connectivity index (χ1v) is 7.95. The first-order chi connectivity index (χ1) is 9.87. The molecule has 0 aliphatic heterocycles. The predicted molar refractivity (Wildman–Crippen MR) is 76.6 cm³/mol. The van der Waals surface area contributed by atoms with Crippen LogP contribution in [0.5, 0.6) is 0 Å². The average Bonchev–Trinajstić information content (AvgIpc) is 3.23. The summed E-state index contributed by atoms with van der Waals surface area (Å²) in [5, 5.41) is 9.20. The van der Waals surface area contributed by atoms with E-state index in [9.17, 15) is 18.3 Å². The van der Waals surface area contributed by atoms with Gasteiger partial charge < -0.3 is 15.6 Å². The summed E-state index contributed by atoms with van der Waals surface area (Å²) < 4.78 is 31.7. The summed E-state index contributed by atoms with van der Waals surface area (Å²) in [6.07, 6.45) is 1.56. The molecule has 1 saturated carbocycles. The number of nitrogens with zero attached hydrogens (tertiary/aromatic N) is 1. The Labute approximate surface area is 123 Å². The summed E-state index contributed by atoms with van der Waals surface area (Å²) in [6.45, 7) is 0.458. The van der Waals surface area contributed by atoms with Crippen LogP contribution in [0.15, 0.2) is 23.1 Å². The highest BCUT2D eigenvalue weighted by molar-refractivity contribution is 7.89. The van der Waals surface area contributed by atoms with Crippen LogP contribution >= 0.6 is 0 Å². The second kappa shape index (κ2) is 6.00. The molecular formula is C13H18N2O5S. The lowest BCUT2D eigenvalue weighted by Gasteiger charge is -2.22. The van der Waals surface area contributed by atoms with Crippen molar-refractivity contribution in [3.8, 4) is 0 Å². The van der Waals surface area contributed by atoms with Gasteiger partial charge in [-0.25, -0.2) is 13.2 Å². The summed E-state index contributed by atoms with van der Waals surface area (Å²) in [7, 11) is -2.40. The molecule has 8 heteroatoms. The largest absolute Gasteiger partial charge is 0.478 e. The number of sulfonamides is 1. The minimum atomic E-state index is -3.89. The van der Waals surface area contributed by atoms with Crippen LogP contribution in [0.25, 0.3) is 0 Å². The molecule has 0 aromatic heterocycles. The van der Waals surface area contributed by atoms with Crippen molar-refractivity contribution in [3.63, 3.8) is 0 Å². The Hall–Kier alpha value is -1.64. The van der Waals surface area contributed by atoms with E-state index in [0.717, 1.165) is 18.9 Å². The van der Waals surface area contributed by atoms with Gasteiger partial charge in [0.15, 0.2) is 0 Å². The highest BCUT2D eigenvalue weighted by Gasteiger charge is 2.39. The Morgan fingerprint density at radius 3 is 2.67 bits per heavy atom. The lowest BCUT2D eigenvalue weighted by molar-refractivity contribution is 0.0692. The first kappa shape index (κ1) is 15.7. The molecule has 0 radical (unpaired) electrons. The fourth-order valence-electron chi connectivity index (χ4n) is 2.11. The van der Waals surface area contributed by atoms with Crippen LogP contribution < -0.4 is 5.73 Å². The number of rotatable bonds is 7. The topological polar surface area (TPSA) is 110 Å². The van der Waals surface area contributed by atoms with Crippen molar-refractivity contribution in [2.24, 2.45) is 0 Å². The van der Waals surface area contributed by atoms with E-state index in [2.05, 4.69) is 0 Å². The monoisotopic (exact) mass is 314 g/mol. The maximum Gasteiger partial charge on any atom is 0.337 e. The molecule has 1 aromatic rings. The number of nitrogens with two attached hydrogens (primary N) is 1. The summed E-state index contributed by atoms with van der Waals surface area (Å²) in [5.41, 5.74) is 5.45. The maximum absolute atomic E-state index is 12.7. The van der Waals surface area contributed by atoms with Gasteiger partial charge in [0.1, 0.15) is 0 Å². The molecule has 116 valence electrons. The van der Waals surface area contributed by atoms with Crippen molar-refractivity contribution >= 4 is 21.7 Å².